The minimum atomic E-state index is -0.330. The van der Waals surface area contributed by atoms with Gasteiger partial charge in [0.1, 0.15) is 10.7 Å². The van der Waals surface area contributed by atoms with Crippen molar-refractivity contribution >= 4 is 34.0 Å². The van der Waals surface area contributed by atoms with Crippen molar-refractivity contribution in [1.82, 2.24) is 14.6 Å². The lowest BCUT2D eigenvalue weighted by Crippen LogP contribution is -2.12. The predicted molar refractivity (Wildman–Crippen MR) is 57.1 cm³/mol. The lowest BCUT2D eigenvalue weighted by atomic mass is 10.3. The van der Waals surface area contributed by atoms with Gasteiger partial charge >= 0.3 is 0 Å². The lowest BCUT2D eigenvalue weighted by molar-refractivity contribution is 0.102. The summed E-state index contributed by atoms with van der Waals surface area (Å²) in [5.41, 5.74) is 0.260. The van der Waals surface area contributed by atoms with E-state index in [1.165, 1.54) is 18.5 Å². The molecule has 0 fully saturated rings. The summed E-state index contributed by atoms with van der Waals surface area (Å²) in [4.78, 5) is 15.5. The van der Waals surface area contributed by atoms with Gasteiger partial charge in [-0.15, -0.1) is 5.10 Å². The molecule has 7 heteroatoms. The molecule has 2 aromatic rings. The molecule has 0 aromatic carbocycles. The van der Waals surface area contributed by atoms with Crippen molar-refractivity contribution in [3.8, 4) is 0 Å². The Balaban J connectivity index is 2.15. The van der Waals surface area contributed by atoms with E-state index in [1.54, 1.807) is 6.07 Å². The smallest absolute Gasteiger partial charge is 0.274 e. The fraction of sp³-hybridized carbons (Fsp3) is 0. The number of aromatic nitrogens is 3. The fourth-order valence-corrected chi connectivity index (χ4v) is 1.50. The van der Waals surface area contributed by atoms with Crippen LogP contribution in [0, 0.1) is 0 Å². The molecule has 0 bridgehead atoms. The number of amides is 1. The maximum Gasteiger partial charge on any atom is 0.274 e. The van der Waals surface area contributed by atoms with Crippen LogP contribution in [0.4, 0.5) is 5.00 Å². The van der Waals surface area contributed by atoms with Crippen LogP contribution in [0.3, 0.4) is 0 Å². The third-order valence-electron chi connectivity index (χ3n) is 1.55. The van der Waals surface area contributed by atoms with Crippen LogP contribution in [-0.4, -0.2) is 20.5 Å². The number of pyridine rings is 1. The first-order valence-electron chi connectivity index (χ1n) is 3.96. The number of hydrogen-bond acceptors (Lipinski definition) is 5. The predicted octanol–water partition coefficient (Wildman–Crippen LogP) is 1.84. The van der Waals surface area contributed by atoms with E-state index in [4.69, 9.17) is 11.6 Å². The molecule has 0 atom stereocenters. The van der Waals surface area contributed by atoms with Gasteiger partial charge in [0.2, 0.25) is 0 Å². The Hall–Kier alpha value is -1.53. The second kappa shape index (κ2) is 4.33. The molecule has 5 nitrogen and oxygen atoms in total. The summed E-state index contributed by atoms with van der Waals surface area (Å²) in [7, 11) is 0. The van der Waals surface area contributed by atoms with Gasteiger partial charge in [-0.25, -0.2) is 0 Å². The van der Waals surface area contributed by atoms with Crippen LogP contribution in [0.5, 0.6) is 0 Å². The summed E-state index contributed by atoms with van der Waals surface area (Å²) in [6.45, 7) is 0. The normalized spacial score (nSPS) is 9.93. The molecule has 0 spiro atoms. The summed E-state index contributed by atoms with van der Waals surface area (Å²) in [6.07, 6.45) is 2.94. The molecular formula is C8H5ClN4OS. The van der Waals surface area contributed by atoms with Gasteiger partial charge in [0, 0.05) is 22.8 Å². The molecule has 0 aliphatic rings. The second-order valence-electron chi connectivity index (χ2n) is 2.60. The van der Waals surface area contributed by atoms with Gasteiger partial charge < -0.3 is 5.32 Å². The molecule has 1 N–H and O–H groups in total. The average molecular weight is 241 g/mol. The van der Waals surface area contributed by atoms with Gasteiger partial charge in [0.05, 0.1) is 6.20 Å². The molecule has 2 aromatic heterocycles. The number of anilines is 1. The largest absolute Gasteiger partial charge is 0.310 e. The van der Waals surface area contributed by atoms with Crippen LogP contribution in [0.25, 0.3) is 0 Å². The van der Waals surface area contributed by atoms with Gasteiger partial charge in [-0.2, -0.15) is 0 Å². The van der Waals surface area contributed by atoms with Crippen LogP contribution in [0.15, 0.2) is 24.5 Å². The zero-order valence-corrected chi connectivity index (χ0v) is 8.92. The van der Waals surface area contributed by atoms with Crippen molar-refractivity contribution in [2.75, 3.05) is 5.32 Å². The topological polar surface area (TPSA) is 67.8 Å². The van der Waals surface area contributed by atoms with Crippen LogP contribution >= 0.6 is 23.1 Å². The van der Waals surface area contributed by atoms with Crippen LogP contribution in [0.1, 0.15) is 10.5 Å². The Morgan fingerprint density at radius 3 is 3.07 bits per heavy atom. The highest BCUT2D eigenvalue weighted by Crippen LogP contribution is 2.12. The van der Waals surface area contributed by atoms with E-state index >= 15 is 0 Å². The van der Waals surface area contributed by atoms with Gasteiger partial charge in [-0.05, 0) is 12.1 Å². The standard InChI is InChI=1S/C8H5ClN4OS/c9-5-1-2-10-6(3-5)8(14)12-7-4-11-13-15-7/h1-4H,(H,12,14). The van der Waals surface area contributed by atoms with Crippen LogP contribution in [-0.2, 0) is 0 Å². The maximum absolute atomic E-state index is 11.6. The highest BCUT2D eigenvalue weighted by Gasteiger charge is 2.08. The van der Waals surface area contributed by atoms with Crippen molar-refractivity contribution in [1.29, 1.82) is 0 Å². The minimum absolute atomic E-state index is 0.260. The van der Waals surface area contributed by atoms with E-state index in [-0.39, 0.29) is 11.6 Å². The Morgan fingerprint density at radius 1 is 1.53 bits per heavy atom. The van der Waals surface area contributed by atoms with Gasteiger partial charge in [-0.1, -0.05) is 16.1 Å². The number of hydrogen-bond donors (Lipinski definition) is 1. The third-order valence-corrected chi connectivity index (χ3v) is 2.37. The first kappa shape index (κ1) is 10.0. The Kier molecular flexibility index (Phi) is 2.89. The molecule has 0 radical (unpaired) electrons. The van der Waals surface area contributed by atoms with Crippen LogP contribution < -0.4 is 5.32 Å². The molecule has 2 heterocycles. The van der Waals surface area contributed by atoms with Crippen molar-refractivity contribution in [2.45, 2.75) is 0 Å². The monoisotopic (exact) mass is 240 g/mol. The summed E-state index contributed by atoms with van der Waals surface area (Å²) in [5.74, 6) is -0.330. The average Bonchev–Trinajstić information content (AvgIpc) is 2.70. The SMILES string of the molecule is O=C(Nc1cnns1)c1cc(Cl)ccn1. The third kappa shape index (κ3) is 2.48. The first-order valence-corrected chi connectivity index (χ1v) is 5.11. The Labute approximate surface area is 94.3 Å². The van der Waals surface area contributed by atoms with Crippen molar-refractivity contribution < 1.29 is 4.79 Å². The first-order chi connectivity index (χ1) is 7.25. The number of halogens is 1. The van der Waals surface area contributed by atoms with Crippen molar-refractivity contribution in [3.05, 3.63) is 35.2 Å². The zero-order chi connectivity index (χ0) is 10.7. The quantitative estimate of drug-likeness (QED) is 0.870. The number of nitrogens with one attached hydrogen (secondary N) is 1. The fourth-order valence-electron chi connectivity index (χ4n) is 0.927. The van der Waals surface area contributed by atoms with E-state index in [2.05, 4.69) is 19.9 Å². The minimum Gasteiger partial charge on any atom is -0.310 e. The molecular weight excluding hydrogens is 236 g/mol. The number of carbonyl (C=O) groups is 1. The highest BCUT2D eigenvalue weighted by molar-refractivity contribution is 7.10. The molecule has 1 amide bonds. The Morgan fingerprint density at radius 2 is 2.40 bits per heavy atom. The molecule has 2 rings (SSSR count). The molecule has 0 saturated carbocycles. The van der Waals surface area contributed by atoms with Crippen LogP contribution in [0.2, 0.25) is 5.02 Å². The molecule has 0 unspecified atom stereocenters. The van der Waals surface area contributed by atoms with E-state index in [0.29, 0.717) is 10.0 Å². The number of carbonyl (C=O) groups excluding carboxylic acids is 1. The van der Waals surface area contributed by atoms with Gasteiger partial charge in [0.25, 0.3) is 5.91 Å². The highest BCUT2D eigenvalue weighted by atomic mass is 35.5. The summed E-state index contributed by atoms with van der Waals surface area (Å²) in [6, 6.07) is 3.10. The zero-order valence-electron chi connectivity index (χ0n) is 7.35. The van der Waals surface area contributed by atoms with Crippen molar-refractivity contribution in [3.63, 3.8) is 0 Å². The summed E-state index contributed by atoms with van der Waals surface area (Å²) < 4.78 is 3.62. The molecule has 0 aliphatic carbocycles. The Bertz CT molecular complexity index is 473. The van der Waals surface area contributed by atoms with E-state index in [1.807, 2.05) is 0 Å². The number of nitrogens with zero attached hydrogens (tertiary/aromatic N) is 3. The van der Waals surface area contributed by atoms with Gasteiger partial charge in [0.15, 0.2) is 0 Å². The van der Waals surface area contributed by atoms with Crippen molar-refractivity contribution in [2.24, 2.45) is 0 Å². The maximum atomic E-state index is 11.6. The van der Waals surface area contributed by atoms with Gasteiger partial charge in [-0.3, -0.25) is 9.78 Å². The van der Waals surface area contributed by atoms with E-state index in [0.717, 1.165) is 11.5 Å². The van der Waals surface area contributed by atoms with E-state index in [9.17, 15) is 4.79 Å². The summed E-state index contributed by atoms with van der Waals surface area (Å²) >= 11 is 6.83. The second-order valence-corrected chi connectivity index (χ2v) is 3.82. The molecule has 76 valence electrons. The molecule has 15 heavy (non-hydrogen) atoms. The molecule has 0 saturated heterocycles. The molecule has 0 aliphatic heterocycles. The number of rotatable bonds is 2. The van der Waals surface area contributed by atoms with E-state index < -0.39 is 0 Å². The summed E-state index contributed by atoms with van der Waals surface area (Å²) in [5, 5.41) is 7.23. The lowest BCUT2D eigenvalue weighted by Gasteiger charge is -2.00.